The molecule has 0 spiro atoms. The number of rotatable bonds is 4. The maximum Gasteiger partial charge on any atom is 0.367 e. The fourth-order valence-corrected chi connectivity index (χ4v) is 2.45. The summed E-state index contributed by atoms with van der Waals surface area (Å²) < 4.78 is 4.87. The number of esters is 1. The second-order valence-electron chi connectivity index (χ2n) is 3.97. The fourth-order valence-electron chi connectivity index (χ4n) is 1.60. The molecule has 0 atom stereocenters. The monoisotopic (exact) mass is 290 g/mol. The first-order valence-electron chi connectivity index (χ1n) is 6.12. The maximum absolute atomic E-state index is 12.1. The Morgan fingerprint density at radius 3 is 2.65 bits per heavy atom. The van der Waals surface area contributed by atoms with Crippen LogP contribution in [0.3, 0.4) is 0 Å². The third kappa shape index (κ3) is 3.21. The van der Waals surface area contributed by atoms with E-state index in [0.29, 0.717) is 16.3 Å². The molecule has 1 aromatic carbocycles. The van der Waals surface area contributed by atoms with Crippen LogP contribution in [0, 0.1) is 6.92 Å². The molecule has 2 rings (SSSR count). The number of hydrogen-bond acceptors (Lipinski definition) is 5. The van der Waals surface area contributed by atoms with Crippen molar-refractivity contribution < 1.29 is 14.3 Å². The van der Waals surface area contributed by atoms with Crippen LogP contribution in [0.25, 0.3) is 0 Å². The second kappa shape index (κ2) is 6.29. The molecule has 1 heterocycles. The average molecular weight is 290 g/mol. The van der Waals surface area contributed by atoms with E-state index >= 15 is 0 Å². The number of nitrogens with one attached hydrogen (secondary N) is 1. The third-order valence-corrected chi connectivity index (χ3v) is 3.62. The van der Waals surface area contributed by atoms with Gasteiger partial charge in [-0.1, -0.05) is 18.2 Å². The first kappa shape index (κ1) is 14.2. The minimum absolute atomic E-state index is 0.197. The molecule has 1 amide bonds. The van der Waals surface area contributed by atoms with Crippen molar-refractivity contribution in [3.63, 3.8) is 0 Å². The summed E-state index contributed by atoms with van der Waals surface area (Å²) >= 11 is 1.04. The van der Waals surface area contributed by atoms with Gasteiger partial charge in [0.1, 0.15) is 4.88 Å². The van der Waals surface area contributed by atoms with E-state index < -0.39 is 5.97 Å². The highest BCUT2D eigenvalue weighted by Gasteiger charge is 2.20. The van der Waals surface area contributed by atoms with E-state index in [2.05, 4.69) is 10.3 Å². The lowest BCUT2D eigenvalue weighted by molar-refractivity contribution is 0.0525. The van der Waals surface area contributed by atoms with Gasteiger partial charge in [-0.25, -0.2) is 9.78 Å². The number of ether oxygens (including phenoxy) is 1. The Hall–Kier alpha value is -2.21. The van der Waals surface area contributed by atoms with Crippen molar-refractivity contribution in [3.8, 4) is 0 Å². The lowest BCUT2D eigenvalue weighted by Gasteiger charge is -2.02. The molecule has 6 heteroatoms. The average Bonchev–Trinajstić information content (AvgIpc) is 2.82. The number of carbonyl (C=O) groups excluding carboxylic acids is 2. The number of carbonyl (C=O) groups is 2. The number of nitrogens with zero attached hydrogens (tertiary/aromatic N) is 1. The van der Waals surface area contributed by atoms with E-state index in [0.717, 1.165) is 11.3 Å². The van der Waals surface area contributed by atoms with Gasteiger partial charge >= 0.3 is 5.97 Å². The number of amides is 1. The molecule has 0 saturated carbocycles. The molecule has 0 aliphatic heterocycles. The highest BCUT2D eigenvalue weighted by Crippen LogP contribution is 2.20. The quantitative estimate of drug-likeness (QED) is 0.879. The van der Waals surface area contributed by atoms with Crippen LogP contribution in [-0.2, 0) is 4.74 Å². The van der Waals surface area contributed by atoms with Crippen molar-refractivity contribution in [2.24, 2.45) is 0 Å². The Kier molecular flexibility index (Phi) is 4.47. The van der Waals surface area contributed by atoms with Crippen LogP contribution in [0.1, 0.15) is 32.1 Å². The zero-order chi connectivity index (χ0) is 14.5. The molecular formula is C14H14N2O3S. The van der Waals surface area contributed by atoms with E-state index in [1.165, 1.54) is 0 Å². The summed E-state index contributed by atoms with van der Waals surface area (Å²) in [6, 6.07) is 9.12. The number of hydrogen-bond donors (Lipinski definition) is 1. The van der Waals surface area contributed by atoms with Gasteiger partial charge in [0, 0.05) is 5.69 Å². The molecule has 0 bridgehead atoms. The molecule has 0 saturated heterocycles. The topological polar surface area (TPSA) is 68.3 Å². The van der Waals surface area contributed by atoms with Crippen molar-refractivity contribution >= 4 is 28.9 Å². The molecule has 5 nitrogen and oxygen atoms in total. The molecule has 104 valence electrons. The summed E-state index contributed by atoms with van der Waals surface area (Å²) in [5.74, 6) is -0.777. The fraction of sp³-hybridized carbons (Fsp3) is 0.214. The zero-order valence-electron chi connectivity index (χ0n) is 11.2. The maximum atomic E-state index is 12.1. The van der Waals surface area contributed by atoms with Crippen LogP contribution < -0.4 is 5.32 Å². The molecular weight excluding hydrogens is 276 g/mol. The van der Waals surface area contributed by atoms with Crippen LogP contribution >= 0.6 is 11.3 Å². The third-order valence-electron chi connectivity index (χ3n) is 2.48. The van der Waals surface area contributed by atoms with Crippen LogP contribution in [-0.4, -0.2) is 23.5 Å². The van der Waals surface area contributed by atoms with Crippen molar-refractivity contribution in [2.45, 2.75) is 13.8 Å². The van der Waals surface area contributed by atoms with Crippen molar-refractivity contribution in [2.75, 3.05) is 11.9 Å². The first-order chi connectivity index (χ1) is 9.61. The van der Waals surface area contributed by atoms with Gasteiger partial charge in [-0.15, -0.1) is 11.3 Å². The van der Waals surface area contributed by atoms with Gasteiger partial charge in [0.05, 0.1) is 12.3 Å². The predicted octanol–water partition coefficient (Wildman–Crippen LogP) is 2.88. The highest BCUT2D eigenvalue weighted by atomic mass is 32.1. The molecule has 0 radical (unpaired) electrons. The van der Waals surface area contributed by atoms with Gasteiger partial charge in [-0.05, 0) is 26.0 Å². The first-order valence-corrected chi connectivity index (χ1v) is 6.94. The van der Waals surface area contributed by atoms with Crippen molar-refractivity contribution in [3.05, 3.63) is 45.9 Å². The Morgan fingerprint density at radius 1 is 1.30 bits per heavy atom. The molecule has 0 fully saturated rings. The van der Waals surface area contributed by atoms with Gasteiger partial charge in [0.2, 0.25) is 5.01 Å². The SMILES string of the molecule is CCOC(=O)c1nc(C)c(C(=O)Nc2ccccc2)s1. The van der Waals surface area contributed by atoms with E-state index in [-0.39, 0.29) is 17.5 Å². The summed E-state index contributed by atoms with van der Waals surface area (Å²) in [5.41, 5.74) is 1.22. The minimum Gasteiger partial charge on any atom is -0.461 e. The number of anilines is 1. The summed E-state index contributed by atoms with van der Waals surface area (Å²) in [4.78, 5) is 28.2. The molecule has 1 N–H and O–H groups in total. The second-order valence-corrected chi connectivity index (χ2v) is 4.97. The molecule has 1 aromatic heterocycles. The number of para-hydroxylation sites is 1. The van der Waals surface area contributed by atoms with Crippen LogP contribution in [0.4, 0.5) is 5.69 Å². The van der Waals surface area contributed by atoms with Crippen molar-refractivity contribution in [1.82, 2.24) is 4.98 Å². The minimum atomic E-state index is -0.501. The Morgan fingerprint density at radius 2 is 2.00 bits per heavy atom. The smallest absolute Gasteiger partial charge is 0.367 e. The number of benzene rings is 1. The van der Waals surface area contributed by atoms with Crippen LogP contribution in [0.2, 0.25) is 0 Å². The van der Waals surface area contributed by atoms with Gasteiger partial charge < -0.3 is 10.1 Å². The Bertz CT molecular complexity index is 623. The normalized spacial score (nSPS) is 10.1. The lowest BCUT2D eigenvalue weighted by Crippen LogP contribution is -2.11. The van der Waals surface area contributed by atoms with Crippen LogP contribution in [0.15, 0.2) is 30.3 Å². The predicted molar refractivity (Wildman–Crippen MR) is 77.2 cm³/mol. The molecule has 20 heavy (non-hydrogen) atoms. The largest absolute Gasteiger partial charge is 0.461 e. The van der Waals surface area contributed by atoms with Crippen molar-refractivity contribution in [1.29, 1.82) is 0 Å². The Balaban J connectivity index is 2.16. The standard InChI is InChI=1S/C14H14N2O3S/c1-3-19-14(18)13-15-9(2)11(20-13)12(17)16-10-7-5-4-6-8-10/h4-8H,3H2,1-2H3,(H,16,17). The summed E-state index contributed by atoms with van der Waals surface area (Å²) in [6.07, 6.45) is 0. The molecule has 0 aliphatic carbocycles. The van der Waals surface area contributed by atoms with E-state index in [1.807, 2.05) is 18.2 Å². The summed E-state index contributed by atoms with van der Waals surface area (Å²) in [5, 5.41) is 2.96. The number of aromatic nitrogens is 1. The van der Waals surface area contributed by atoms with Gasteiger partial charge in [0.15, 0.2) is 0 Å². The number of thiazole rings is 1. The molecule has 2 aromatic rings. The van der Waals surface area contributed by atoms with Gasteiger partial charge in [-0.3, -0.25) is 4.79 Å². The Labute approximate surface area is 120 Å². The van der Waals surface area contributed by atoms with E-state index in [4.69, 9.17) is 4.74 Å². The summed E-state index contributed by atoms with van der Waals surface area (Å²) in [6.45, 7) is 3.70. The molecule has 0 unspecified atom stereocenters. The van der Waals surface area contributed by atoms with E-state index in [1.54, 1.807) is 26.0 Å². The lowest BCUT2D eigenvalue weighted by atomic mass is 10.3. The number of aryl methyl sites for hydroxylation is 1. The van der Waals surface area contributed by atoms with Gasteiger partial charge in [0.25, 0.3) is 5.91 Å². The van der Waals surface area contributed by atoms with Gasteiger partial charge in [-0.2, -0.15) is 0 Å². The van der Waals surface area contributed by atoms with E-state index in [9.17, 15) is 9.59 Å². The highest BCUT2D eigenvalue weighted by molar-refractivity contribution is 7.15. The zero-order valence-corrected chi connectivity index (χ0v) is 12.0. The molecule has 0 aliphatic rings. The van der Waals surface area contributed by atoms with Crippen LogP contribution in [0.5, 0.6) is 0 Å². The summed E-state index contributed by atoms with van der Waals surface area (Å²) in [7, 11) is 0.